The van der Waals surface area contributed by atoms with Gasteiger partial charge in [0, 0.05) is 26.1 Å². The lowest BCUT2D eigenvalue weighted by Crippen LogP contribution is -2.49. The Bertz CT molecular complexity index is 437. The van der Waals surface area contributed by atoms with E-state index in [1.54, 1.807) is 16.7 Å². The second kappa shape index (κ2) is 5.42. The Kier molecular flexibility index (Phi) is 4.01. The van der Waals surface area contributed by atoms with Crippen LogP contribution in [0.15, 0.2) is 0 Å². The molecule has 2 fully saturated rings. The zero-order chi connectivity index (χ0) is 14.9. The standard InChI is InChI=1S/C14H22N2O4/c1-3-10(16-7-4-5-11(16)17)12(18)15-8-6-14(2,9-15)13(19)20/h10H,3-9H2,1-2H3,(H,19,20). The highest BCUT2D eigenvalue weighted by atomic mass is 16.4. The molecule has 2 rings (SSSR count). The van der Waals surface area contributed by atoms with Gasteiger partial charge in [0.25, 0.3) is 0 Å². The summed E-state index contributed by atoms with van der Waals surface area (Å²) in [6, 6.07) is -0.429. The van der Waals surface area contributed by atoms with E-state index in [9.17, 15) is 19.5 Å². The van der Waals surface area contributed by atoms with Crippen LogP contribution in [0.1, 0.15) is 39.5 Å². The Hall–Kier alpha value is -1.59. The van der Waals surface area contributed by atoms with Gasteiger partial charge in [-0.25, -0.2) is 0 Å². The van der Waals surface area contributed by atoms with Gasteiger partial charge in [0.2, 0.25) is 11.8 Å². The Morgan fingerprint density at radius 3 is 2.55 bits per heavy atom. The first kappa shape index (κ1) is 14.8. The van der Waals surface area contributed by atoms with Crippen LogP contribution in [-0.2, 0) is 14.4 Å². The highest BCUT2D eigenvalue weighted by Gasteiger charge is 2.44. The molecule has 2 aliphatic heterocycles. The fourth-order valence-corrected chi connectivity index (χ4v) is 3.06. The van der Waals surface area contributed by atoms with Gasteiger partial charge in [-0.1, -0.05) is 6.92 Å². The van der Waals surface area contributed by atoms with Crippen molar-refractivity contribution in [1.29, 1.82) is 0 Å². The smallest absolute Gasteiger partial charge is 0.311 e. The van der Waals surface area contributed by atoms with Crippen molar-refractivity contribution in [2.24, 2.45) is 5.41 Å². The van der Waals surface area contributed by atoms with Gasteiger partial charge in [0.05, 0.1) is 5.41 Å². The minimum atomic E-state index is -0.863. The number of hydrogen-bond donors (Lipinski definition) is 1. The van der Waals surface area contributed by atoms with Crippen molar-refractivity contribution in [1.82, 2.24) is 9.80 Å². The number of carbonyl (C=O) groups is 3. The molecular formula is C14H22N2O4. The van der Waals surface area contributed by atoms with Gasteiger partial charge in [-0.15, -0.1) is 0 Å². The van der Waals surface area contributed by atoms with Gasteiger partial charge in [0.1, 0.15) is 6.04 Å². The highest BCUT2D eigenvalue weighted by Crippen LogP contribution is 2.31. The predicted octanol–water partition coefficient (Wildman–Crippen LogP) is 0.711. The maximum atomic E-state index is 12.6. The molecule has 112 valence electrons. The molecule has 6 nitrogen and oxygen atoms in total. The summed E-state index contributed by atoms with van der Waals surface area (Å²) in [5.41, 5.74) is -0.858. The Labute approximate surface area is 118 Å². The maximum absolute atomic E-state index is 12.6. The molecule has 0 bridgehead atoms. The molecule has 2 aliphatic rings. The van der Waals surface area contributed by atoms with Crippen molar-refractivity contribution in [3.8, 4) is 0 Å². The van der Waals surface area contributed by atoms with Gasteiger partial charge < -0.3 is 14.9 Å². The van der Waals surface area contributed by atoms with Crippen molar-refractivity contribution in [3.05, 3.63) is 0 Å². The fourth-order valence-electron chi connectivity index (χ4n) is 3.06. The summed E-state index contributed by atoms with van der Waals surface area (Å²) in [5.74, 6) is -0.934. The van der Waals surface area contributed by atoms with Crippen LogP contribution >= 0.6 is 0 Å². The lowest BCUT2D eigenvalue weighted by molar-refractivity contribution is -0.148. The molecule has 1 N–H and O–H groups in total. The fraction of sp³-hybridized carbons (Fsp3) is 0.786. The van der Waals surface area contributed by atoms with Crippen LogP contribution in [0.4, 0.5) is 0 Å². The van der Waals surface area contributed by atoms with Crippen LogP contribution in [0.5, 0.6) is 0 Å². The van der Waals surface area contributed by atoms with Crippen LogP contribution in [0.3, 0.4) is 0 Å². The first-order valence-corrected chi connectivity index (χ1v) is 7.20. The summed E-state index contributed by atoms with van der Waals surface area (Å²) in [6.45, 7) is 4.89. The number of carbonyl (C=O) groups excluding carboxylic acids is 2. The van der Waals surface area contributed by atoms with Crippen LogP contribution in [0.2, 0.25) is 0 Å². The average molecular weight is 282 g/mol. The van der Waals surface area contributed by atoms with Crippen LogP contribution in [0.25, 0.3) is 0 Å². The number of amides is 2. The van der Waals surface area contributed by atoms with E-state index in [0.717, 1.165) is 6.42 Å². The Morgan fingerprint density at radius 2 is 2.10 bits per heavy atom. The van der Waals surface area contributed by atoms with Crippen LogP contribution in [-0.4, -0.2) is 58.4 Å². The van der Waals surface area contributed by atoms with Gasteiger partial charge >= 0.3 is 5.97 Å². The number of rotatable bonds is 4. The minimum Gasteiger partial charge on any atom is -0.481 e. The zero-order valence-electron chi connectivity index (χ0n) is 12.1. The van der Waals surface area contributed by atoms with Gasteiger partial charge in [-0.2, -0.15) is 0 Å². The highest BCUT2D eigenvalue weighted by molar-refractivity contribution is 5.89. The van der Waals surface area contributed by atoms with E-state index in [2.05, 4.69) is 0 Å². The van der Waals surface area contributed by atoms with E-state index in [1.165, 1.54) is 0 Å². The first-order valence-electron chi connectivity index (χ1n) is 7.20. The topological polar surface area (TPSA) is 77.9 Å². The lowest BCUT2D eigenvalue weighted by atomic mass is 9.90. The third kappa shape index (κ3) is 2.51. The molecule has 2 atom stereocenters. The summed E-state index contributed by atoms with van der Waals surface area (Å²) >= 11 is 0. The maximum Gasteiger partial charge on any atom is 0.311 e. The molecule has 0 aliphatic carbocycles. The number of nitrogens with zero attached hydrogens (tertiary/aromatic N) is 2. The molecule has 0 saturated carbocycles. The summed E-state index contributed by atoms with van der Waals surface area (Å²) in [5, 5.41) is 9.22. The molecule has 0 spiro atoms. The van der Waals surface area contributed by atoms with E-state index in [4.69, 9.17) is 0 Å². The third-order valence-corrected chi connectivity index (χ3v) is 4.46. The molecular weight excluding hydrogens is 260 g/mol. The quantitative estimate of drug-likeness (QED) is 0.823. The minimum absolute atomic E-state index is 0.0328. The molecule has 0 radical (unpaired) electrons. The average Bonchev–Trinajstić information content (AvgIpc) is 2.99. The van der Waals surface area contributed by atoms with Crippen molar-refractivity contribution in [2.45, 2.75) is 45.6 Å². The van der Waals surface area contributed by atoms with E-state index in [1.807, 2.05) is 6.92 Å². The third-order valence-electron chi connectivity index (χ3n) is 4.46. The molecule has 0 aromatic rings. The van der Waals surface area contributed by atoms with Crippen LogP contribution in [0, 0.1) is 5.41 Å². The summed E-state index contributed by atoms with van der Waals surface area (Å²) in [4.78, 5) is 38.8. The number of hydrogen-bond acceptors (Lipinski definition) is 3. The van der Waals surface area contributed by atoms with Crippen molar-refractivity contribution in [3.63, 3.8) is 0 Å². The molecule has 0 aromatic heterocycles. The van der Waals surface area contributed by atoms with Gasteiger partial charge in [0.15, 0.2) is 0 Å². The largest absolute Gasteiger partial charge is 0.481 e. The normalized spacial score (nSPS) is 28.0. The zero-order valence-corrected chi connectivity index (χ0v) is 12.1. The molecule has 6 heteroatoms. The van der Waals surface area contributed by atoms with Crippen molar-refractivity contribution in [2.75, 3.05) is 19.6 Å². The van der Waals surface area contributed by atoms with Gasteiger partial charge in [-0.3, -0.25) is 14.4 Å². The summed E-state index contributed by atoms with van der Waals surface area (Å²) in [7, 11) is 0. The molecule has 0 aromatic carbocycles. The second-order valence-corrected chi connectivity index (χ2v) is 5.99. The molecule has 2 amide bonds. The Morgan fingerprint density at radius 1 is 1.40 bits per heavy atom. The number of likely N-dealkylation sites (tertiary alicyclic amines) is 2. The number of carboxylic acids is 1. The van der Waals surface area contributed by atoms with Crippen LogP contribution < -0.4 is 0 Å². The summed E-state index contributed by atoms with van der Waals surface area (Å²) in [6.07, 6.45) is 2.36. The Balaban J connectivity index is 2.07. The SMILES string of the molecule is CCC(C(=O)N1CCC(C)(C(=O)O)C1)N1CCCC1=O. The van der Waals surface area contributed by atoms with Gasteiger partial charge in [-0.05, 0) is 26.2 Å². The predicted molar refractivity (Wildman–Crippen MR) is 72.0 cm³/mol. The van der Waals surface area contributed by atoms with E-state index in [0.29, 0.717) is 32.4 Å². The van der Waals surface area contributed by atoms with E-state index in [-0.39, 0.29) is 18.4 Å². The second-order valence-electron chi connectivity index (χ2n) is 5.99. The van der Waals surface area contributed by atoms with E-state index >= 15 is 0 Å². The lowest BCUT2D eigenvalue weighted by Gasteiger charge is -2.30. The number of aliphatic carboxylic acids is 1. The van der Waals surface area contributed by atoms with Crippen molar-refractivity contribution >= 4 is 17.8 Å². The molecule has 2 saturated heterocycles. The monoisotopic (exact) mass is 282 g/mol. The number of carboxylic acid groups (broad SMARTS) is 1. The van der Waals surface area contributed by atoms with E-state index < -0.39 is 17.4 Å². The summed E-state index contributed by atoms with van der Waals surface area (Å²) < 4.78 is 0. The van der Waals surface area contributed by atoms with Crippen molar-refractivity contribution < 1.29 is 19.5 Å². The first-order chi connectivity index (χ1) is 9.39. The molecule has 20 heavy (non-hydrogen) atoms. The molecule has 2 heterocycles. The molecule has 2 unspecified atom stereocenters.